The van der Waals surface area contributed by atoms with Crippen molar-refractivity contribution in [1.29, 1.82) is 0 Å². The summed E-state index contributed by atoms with van der Waals surface area (Å²) in [5, 5.41) is 7.93. The number of hydrogen-bond acceptors (Lipinski definition) is 5. The zero-order chi connectivity index (χ0) is 19.8. The van der Waals surface area contributed by atoms with Gasteiger partial charge in [-0.3, -0.25) is 10.1 Å². The van der Waals surface area contributed by atoms with Gasteiger partial charge in [-0.2, -0.15) is 8.78 Å². The van der Waals surface area contributed by atoms with Crippen LogP contribution in [0.2, 0.25) is 0 Å². The largest absolute Gasteiger partial charge is 0.493 e. The lowest BCUT2D eigenvalue weighted by Gasteiger charge is -2.23. The van der Waals surface area contributed by atoms with Crippen molar-refractivity contribution in [3.05, 3.63) is 18.2 Å². The van der Waals surface area contributed by atoms with Crippen LogP contribution in [-0.4, -0.2) is 37.7 Å². The van der Waals surface area contributed by atoms with Crippen molar-refractivity contribution >= 4 is 17.6 Å². The molecule has 0 spiro atoms. The molecule has 27 heavy (non-hydrogen) atoms. The first kappa shape index (κ1) is 20.7. The fourth-order valence-corrected chi connectivity index (χ4v) is 2.96. The number of benzene rings is 1. The maximum Gasteiger partial charge on any atom is 0.387 e. The van der Waals surface area contributed by atoms with Crippen molar-refractivity contribution in [3.63, 3.8) is 0 Å². The minimum atomic E-state index is -3.00. The third-order valence-electron chi connectivity index (χ3n) is 4.33. The monoisotopic (exact) mass is 385 g/mol. The van der Waals surface area contributed by atoms with Crippen molar-refractivity contribution < 1.29 is 27.8 Å². The molecule has 1 aliphatic rings. The highest BCUT2D eigenvalue weighted by molar-refractivity contribution is 5.98. The summed E-state index contributed by atoms with van der Waals surface area (Å²) in [6.07, 6.45) is 5.12. The van der Waals surface area contributed by atoms with E-state index >= 15 is 0 Å². The Balaban J connectivity index is 1.90. The topological polar surface area (TPSA) is 88.7 Å². The van der Waals surface area contributed by atoms with Crippen LogP contribution in [0.3, 0.4) is 0 Å². The number of urea groups is 1. The minimum absolute atomic E-state index is 0.0884. The van der Waals surface area contributed by atoms with Gasteiger partial charge in [0.15, 0.2) is 11.5 Å². The number of halogens is 2. The second-order valence-corrected chi connectivity index (χ2v) is 6.41. The summed E-state index contributed by atoms with van der Waals surface area (Å²) < 4.78 is 34.3. The fourth-order valence-electron chi connectivity index (χ4n) is 2.96. The van der Waals surface area contributed by atoms with Crippen molar-refractivity contribution in [2.24, 2.45) is 0 Å². The molecule has 0 radical (unpaired) electrons. The Morgan fingerprint density at radius 1 is 1.15 bits per heavy atom. The maximum absolute atomic E-state index is 12.5. The first-order valence-corrected chi connectivity index (χ1v) is 8.89. The predicted molar refractivity (Wildman–Crippen MR) is 96.3 cm³/mol. The quantitative estimate of drug-likeness (QED) is 0.671. The van der Waals surface area contributed by atoms with Gasteiger partial charge in [-0.15, -0.1) is 0 Å². The van der Waals surface area contributed by atoms with E-state index in [2.05, 4.69) is 20.7 Å². The highest BCUT2D eigenvalue weighted by Gasteiger charge is 2.20. The standard InChI is InChI=1S/C18H25F2N3O4/c1-11(16(24)23-18(25)22-12-6-4-3-5-7-12)21-13-8-9-14(26-2)15(10-13)27-17(19)20/h8-12,17,21H,3-7H2,1-2H3,(H2,22,23,24,25). The Bertz CT molecular complexity index is 651. The smallest absolute Gasteiger partial charge is 0.387 e. The van der Waals surface area contributed by atoms with E-state index in [0.717, 1.165) is 25.7 Å². The summed E-state index contributed by atoms with van der Waals surface area (Å²) in [7, 11) is 1.34. The van der Waals surface area contributed by atoms with Crippen LogP contribution in [0.5, 0.6) is 11.5 Å². The normalized spacial score (nSPS) is 15.7. The number of nitrogens with one attached hydrogen (secondary N) is 3. The van der Waals surface area contributed by atoms with Gasteiger partial charge in [0, 0.05) is 17.8 Å². The molecule has 0 aromatic heterocycles. The van der Waals surface area contributed by atoms with Crippen LogP contribution in [0.4, 0.5) is 19.3 Å². The molecule has 0 aliphatic heterocycles. The van der Waals surface area contributed by atoms with Crippen molar-refractivity contribution in [1.82, 2.24) is 10.6 Å². The maximum atomic E-state index is 12.5. The van der Waals surface area contributed by atoms with E-state index in [-0.39, 0.29) is 17.5 Å². The molecule has 1 aliphatic carbocycles. The summed E-state index contributed by atoms with van der Waals surface area (Å²) >= 11 is 0. The molecular weight excluding hydrogens is 360 g/mol. The van der Waals surface area contributed by atoms with Gasteiger partial charge in [0.05, 0.1) is 7.11 Å². The molecule has 1 fully saturated rings. The molecule has 150 valence electrons. The molecule has 1 saturated carbocycles. The van der Waals surface area contributed by atoms with E-state index in [1.165, 1.54) is 25.7 Å². The second-order valence-electron chi connectivity index (χ2n) is 6.41. The third kappa shape index (κ3) is 6.58. The van der Waals surface area contributed by atoms with E-state index in [0.29, 0.717) is 5.69 Å². The van der Waals surface area contributed by atoms with Gasteiger partial charge in [-0.25, -0.2) is 4.79 Å². The Morgan fingerprint density at radius 3 is 2.48 bits per heavy atom. The molecule has 3 N–H and O–H groups in total. The second kappa shape index (κ2) is 9.94. The molecule has 2 rings (SSSR count). The number of methoxy groups -OCH3 is 1. The first-order valence-electron chi connectivity index (χ1n) is 8.89. The van der Waals surface area contributed by atoms with Crippen molar-refractivity contribution in [2.45, 2.75) is 57.7 Å². The van der Waals surface area contributed by atoms with Crippen LogP contribution >= 0.6 is 0 Å². The third-order valence-corrected chi connectivity index (χ3v) is 4.33. The summed E-state index contributed by atoms with van der Waals surface area (Å²) in [6, 6.07) is 3.10. The first-order chi connectivity index (χ1) is 12.9. The minimum Gasteiger partial charge on any atom is -0.493 e. The van der Waals surface area contributed by atoms with E-state index in [4.69, 9.17) is 4.74 Å². The molecule has 1 atom stereocenters. The number of carbonyl (C=O) groups is 2. The van der Waals surface area contributed by atoms with Gasteiger partial charge in [0.1, 0.15) is 6.04 Å². The highest BCUT2D eigenvalue weighted by atomic mass is 19.3. The molecule has 1 aromatic rings. The lowest BCUT2D eigenvalue weighted by atomic mass is 9.96. The number of carbonyl (C=O) groups excluding carboxylic acids is 2. The van der Waals surface area contributed by atoms with E-state index in [9.17, 15) is 18.4 Å². The number of amides is 3. The van der Waals surface area contributed by atoms with Gasteiger partial charge in [0.25, 0.3) is 0 Å². The van der Waals surface area contributed by atoms with E-state index < -0.39 is 24.6 Å². The number of imide groups is 1. The Hall–Kier alpha value is -2.58. The molecular formula is C18H25F2N3O4. The summed E-state index contributed by atoms with van der Waals surface area (Å²) in [4.78, 5) is 24.1. The molecule has 0 bridgehead atoms. The average molecular weight is 385 g/mol. The fraction of sp³-hybridized carbons (Fsp3) is 0.556. The lowest BCUT2D eigenvalue weighted by molar-refractivity contribution is -0.120. The van der Waals surface area contributed by atoms with Crippen molar-refractivity contribution in [3.8, 4) is 11.5 Å². The van der Waals surface area contributed by atoms with Crippen molar-refractivity contribution in [2.75, 3.05) is 12.4 Å². The molecule has 3 amide bonds. The van der Waals surface area contributed by atoms with E-state index in [1.54, 1.807) is 13.0 Å². The summed E-state index contributed by atoms with van der Waals surface area (Å²) in [5.74, 6) is -0.541. The van der Waals surface area contributed by atoms with Crippen LogP contribution < -0.4 is 25.4 Å². The van der Waals surface area contributed by atoms with Crippen LogP contribution in [0, 0.1) is 0 Å². The molecule has 0 saturated heterocycles. The molecule has 1 aromatic carbocycles. The van der Waals surface area contributed by atoms with Gasteiger partial charge >= 0.3 is 12.6 Å². The van der Waals surface area contributed by atoms with Crippen LogP contribution in [0.1, 0.15) is 39.0 Å². The summed E-state index contributed by atoms with van der Waals surface area (Å²) in [5.41, 5.74) is 0.377. The predicted octanol–water partition coefficient (Wildman–Crippen LogP) is 3.26. The van der Waals surface area contributed by atoms with Gasteiger partial charge in [-0.05, 0) is 31.9 Å². The van der Waals surface area contributed by atoms with Crippen LogP contribution in [0.25, 0.3) is 0 Å². The van der Waals surface area contributed by atoms with E-state index in [1.807, 2.05) is 0 Å². The Labute approximate surface area is 156 Å². The van der Waals surface area contributed by atoms with Gasteiger partial charge in [-0.1, -0.05) is 19.3 Å². The SMILES string of the molecule is COc1ccc(NC(C)C(=O)NC(=O)NC2CCCCC2)cc1OC(F)F. The lowest BCUT2D eigenvalue weighted by Crippen LogP contribution is -2.49. The Morgan fingerprint density at radius 2 is 1.85 bits per heavy atom. The van der Waals surface area contributed by atoms with Crippen LogP contribution in [-0.2, 0) is 4.79 Å². The molecule has 7 nitrogen and oxygen atoms in total. The average Bonchev–Trinajstić information content (AvgIpc) is 2.62. The zero-order valence-electron chi connectivity index (χ0n) is 15.4. The molecule has 1 unspecified atom stereocenters. The van der Waals surface area contributed by atoms with Gasteiger partial charge in [0.2, 0.25) is 5.91 Å². The molecule has 0 heterocycles. The highest BCUT2D eigenvalue weighted by Crippen LogP contribution is 2.31. The number of anilines is 1. The Kier molecular flexibility index (Phi) is 7.63. The summed E-state index contributed by atoms with van der Waals surface area (Å²) in [6.45, 7) is -1.44. The zero-order valence-corrected chi connectivity index (χ0v) is 15.4. The van der Waals surface area contributed by atoms with Crippen LogP contribution in [0.15, 0.2) is 18.2 Å². The number of alkyl halides is 2. The van der Waals surface area contributed by atoms with Gasteiger partial charge < -0.3 is 20.1 Å². The number of ether oxygens (including phenoxy) is 2. The number of hydrogen-bond donors (Lipinski definition) is 3. The number of rotatable bonds is 7. The molecule has 9 heteroatoms.